The van der Waals surface area contributed by atoms with Gasteiger partial charge in [-0.3, -0.25) is 9.59 Å². The molecule has 1 aliphatic heterocycles. The van der Waals surface area contributed by atoms with Crippen LogP contribution in [0.4, 0.5) is 8.78 Å². The molecular formula is C20H20F2N2O3. The van der Waals surface area contributed by atoms with Gasteiger partial charge in [-0.05, 0) is 23.3 Å². The second kappa shape index (κ2) is 8.62. The maximum Gasteiger partial charge on any atom is 0.387 e. The van der Waals surface area contributed by atoms with E-state index in [0.29, 0.717) is 13.1 Å². The van der Waals surface area contributed by atoms with Crippen molar-refractivity contribution >= 4 is 11.8 Å². The average molecular weight is 374 g/mol. The van der Waals surface area contributed by atoms with Gasteiger partial charge >= 0.3 is 6.61 Å². The van der Waals surface area contributed by atoms with Gasteiger partial charge in [-0.1, -0.05) is 42.5 Å². The molecule has 1 aliphatic rings. The molecule has 2 amide bonds. The quantitative estimate of drug-likeness (QED) is 0.811. The summed E-state index contributed by atoms with van der Waals surface area (Å²) in [6, 6.07) is 15.7. The highest BCUT2D eigenvalue weighted by Crippen LogP contribution is 2.21. The summed E-state index contributed by atoms with van der Waals surface area (Å²) in [4.78, 5) is 26.2. The first-order valence-electron chi connectivity index (χ1n) is 8.64. The predicted octanol–water partition coefficient (Wildman–Crippen LogP) is 2.95. The van der Waals surface area contributed by atoms with E-state index in [4.69, 9.17) is 0 Å². The Bertz CT molecular complexity index is 782. The summed E-state index contributed by atoms with van der Waals surface area (Å²) in [7, 11) is 0. The Morgan fingerprint density at radius 3 is 2.48 bits per heavy atom. The van der Waals surface area contributed by atoms with Gasteiger partial charge in [0.25, 0.3) is 0 Å². The number of ether oxygens (including phenoxy) is 1. The third kappa shape index (κ3) is 5.26. The number of hydrogen-bond acceptors (Lipinski definition) is 3. The molecule has 5 nitrogen and oxygen atoms in total. The SMILES string of the molecule is O=C(NCc1ccc(OC(F)F)cc1)C1CC(=O)N(Cc2ccccc2)C1. The summed E-state index contributed by atoms with van der Waals surface area (Å²) in [6.07, 6.45) is 0.194. The van der Waals surface area contributed by atoms with Crippen molar-refractivity contribution in [2.24, 2.45) is 5.92 Å². The molecule has 7 heteroatoms. The zero-order valence-electron chi connectivity index (χ0n) is 14.6. The Morgan fingerprint density at radius 1 is 1.11 bits per heavy atom. The average Bonchev–Trinajstić information content (AvgIpc) is 3.02. The van der Waals surface area contributed by atoms with E-state index in [1.54, 1.807) is 17.0 Å². The number of likely N-dealkylation sites (tertiary alicyclic amines) is 1. The van der Waals surface area contributed by atoms with Crippen LogP contribution in [0.1, 0.15) is 17.5 Å². The van der Waals surface area contributed by atoms with Crippen LogP contribution >= 0.6 is 0 Å². The topological polar surface area (TPSA) is 58.6 Å². The van der Waals surface area contributed by atoms with E-state index in [0.717, 1.165) is 11.1 Å². The van der Waals surface area contributed by atoms with E-state index >= 15 is 0 Å². The summed E-state index contributed by atoms with van der Waals surface area (Å²) in [5.41, 5.74) is 1.79. The number of halogens is 2. The van der Waals surface area contributed by atoms with Crippen LogP contribution in [0.15, 0.2) is 54.6 Å². The van der Waals surface area contributed by atoms with Gasteiger partial charge in [0.15, 0.2) is 0 Å². The zero-order valence-corrected chi connectivity index (χ0v) is 14.6. The van der Waals surface area contributed by atoms with E-state index in [-0.39, 0.29) is 36.4 Å². The van der Waals surface area contributed by atoms with Crippen molar-refractivity contribution < 1.29 is 23.1 Å². The molecule has 1 heterocycles. The molecule has 3 rings (SSSR count). The molecule has 27 heavy (non-hydrogen) atoms. The van der Waals surface area contributed by atoms with Crippen molar-refractivity contribution in [1.29, 1.82) is 0 Å². The molecule has 1 N–H and O–H groups in total. The van der Waals surface area contributed by atoms with Crippen LogP contribution in [0, 0.1) is 5.92 Å². The fourth-order valence-electron chi connectivity index (χ4n) is 3.03. The molecule has 0 aromatic heterocycles. The maximum absolute atomic E-state index is 12.4. The number of carbonyl (C=O) groups is 2. The largest absolute Gasteiger partial charge is 0.435 e. The minimum Gasteiger partial charge on any atom is -0.435 e. The number of carbonyl (C=O) groups excluding carboxylic acids is 2. The summed E-state index contributed by atoms with van der Waals surface area (Å²) in [5.74, 6) is -0.542. The summed E-state index contributed by atoms with van der Waals surface area (Å²) in [5, 5.41) is 2.80. The Kier molecular flexibility index (Phi) is 6.01. The number of benzene rings is 2. The minimum absolute atomic E-state index is 0.0347. The van der Waals surface area contributed by atoms with E-state index in [9.17, 15) is 18.4 Å². The second-order valence-electron chi connectivity index (χ2n) is 6.40. The maximum atomic E-state index is 12.4. The van der Waals surface area contributed by atoms with Crippen LogP contribution in [0.2, 0.25) is 0 Å². The van der Waals surface area contributed by atoms with Gasteiger partial charge in [0.05, 0.1) is 5.92 Å². The van der Waals surface area contributed by atoms with Gasteiger partial charge in [-0.15, -0.1) is 0 Å². The lowest BCUT2D eigenvalue weighted by Crippen LogP contribution is -2.32. The number of nitrogens with one attached hydrogen (secondary N) is 1. The molecule has 0 bridgehead atoms. The summed E-state index contributed by atoms with van der Waals surface area (Å²) >= 11 is 0. The molecule has 0 spiro atoms. The van der Waals surface area contributed by atoms with Crippen molar-refractivity contribution in [3.05, 3.63) is 65.7 Å². The standard InChI is InChI=1S/C20H20F2N2O3/c21-20(22)27-17-8-6-14(7-9-17)11-23-19(26)16-10-18(25)24(13-16)12-15-4-2-1-3-5-15/h1-9,16,20H,10-13H2,(H,23,26). The molecule has 142 valence electrons. The van der Waals surface area contributed by atoms with Crippen molar-refractivity contribution in [3.8, 4) is 5.75 Å². The fraction of sp³-hybridized carbons (Fsp3) is 0.300. The normalized spacial score (nSPS) is 16.6. The molecule has 0 aliphatic carbocycles. The third-order valence-corrected chi connectivity index (χ3v) is 4.42. The third-order valence-electron chi connectivity index (χ3n) is 4.42. The summed E-state index contributed by atoms with van der Waals surface area (Å²) in [6.45, 7) is -1.72. The lowest BCUT2D eigenvalue weighted by atomic mass is 10.1. The van der Waals surface area contributed by atoms with Gasteiger partial charge < -0.3 is 15.0 Å². The molecule has 0 radical (unpaired) electrons. The highest BCUT2D eigenvalue weighted by atomic mass is 19.3. The molecule has 1 unspecified atom stereocenters. The lowest BCUT2D eigenvalue weighted by Gasteiger charge is -2.16. The second-order valence-corrected chi connectivity index (χ2v) is 6.40. The highest BCUT2D eigenvalue weighted by Gasteiger charge is 2.34. The number of hydrogen-bond donors (Lipinski definition) is 1. The first-order chi connectivity index (χ1) is 13.0. The van der Waals surface area contributed by atoms with E-state index in [1.807, 2.05) is 30.3 Å². The van der Waals surface area contributed by atoms with Crippen LogP contribution in [-0.2, 0) is 22.7 Å². The molecule has 0 saturated carbocycles. The number of rotatable bonds is 7. The van der Waals surface area contributed by atoms with E-state index < -0.39 is 6.61 Å². The van der Waals surface area contributed by atoms with Crippen LogP contribution in [-0.4, -0.2) is 29.9 Å². The first-order valence-corrected chi connectivity index (χ1v) is 8.64. The molecule has 1 fully saturated rings. The van der Waals surface area contributed by atoms with Crippen LogP contribution in [0.5, 0.6) is 5.75 Å². The van der Waals surface area contributed by atoms with Gasteiger partial charge in [0, 0.05) is 26.1 Å². The van der Waals surface area contributed by atoms with Crippen molar-refractivity contribution in [3.63, 3.8) is 0 Å². The van der Waals surface area contributed by atoms with Gasteiger partial charge in [0.2, 0.25) is 11.8 Å². The Hall–Kier alpha value is -2.96. The number of nitrogens with zero attached hydrogens (tertiary/aromatic N) is 1. The van der Waals surface area contributed by atoms with E-state index in [1.165, 1.54) is 12.1 Å². The van der Waals surface area contributed by atoms with Gasteiger partial charge in [-0.2, -0.15) is 8.78 Å². The van der Waals surface area contributed by atoms with Crippen molar-refractivity contribution in [2.45, 2.75) is 26.1 Å². The van der Waals surface area contributed by atoms with Crippen LogP contribution in [0.3, 0.4) is 0 Å². The monoisotopic (exact) mass is 374 g/mol. The zero-order chi connectivity index (χ0) is 19.2. The van der Waals surface area contributed by atoms with Crippen molar-refractivity contribution in [2.75, 3.05) is 6.54 Å². The summed E-state index contributed by atoms with van der Waals surface area (Å²) < 4.78 is 28.6. The highest BCUT2D eigenvalue weighted by molar-refractivity contribution is 5.89. The Morgan fingerprint density at radius 2 is 1.81 bits per heavy atom. The minimum atomic E-state index is -2.87. The predicted molar refractivity (Wildman–Crippen MR) is 94.9 cm³/mol. The molecule has 2 aromatic rings. The lowest BCUT2D eigenvalue weighted by molar-refractivity contribution is -0.129. The smallest absolute Gasteiger partial charge is 0.387 e. The molecule has 1 atom stereocenters. The van der Waals surface area contributed by atoms with Gasteiger partial charge in [0.1, 0.15) is 5.75 Å². The molecule has 2 aromatic carbocycles. The van der Waals surface area contributed by atoms with Crippen LogP contribution < -0.4 is 10.1 Å². The number of amides is 2. The Balaban J connectivity index is 1.49. The first kappa shape index (κ1) is 18.8. The van der Waals surface area contributed by atoms with Crippen LogP contribution in [0.25, 0.3) is 0 Å². The molecular weight excluding hydrogens is 354 g/mol. The Labute approximate surface area is 155 Å². The molecule has 1 saturated heterocycles. The van der Waals surface area contributed by atoms with E-state index in [2.05, 4.69) is 10.1 Å². The number of alkyl halides is 2. The van der Waals surface area contributed by atoms with Crippen molar-refractivity contribution in [1.82, 2.24) is 10.2 Å². The van der Waals surface area contributed by atoms with Gasteiger partial charge in [-0.25, -0.2) is 0 Å². The fourth-order valence-corrected chi connectivity index (χ4v) is 3.03.